The molecule has 0 saturated carbocycles. The smallest absolute Gasteiger partial charge is 0.348 e. The van der Waals surface area contributed by atoms with E-state index in [0.29, 0.717) is 16.9 Å². The van der Waals surface area contributed by atoms with Crippen molar-refractivity contribution in [2.45, 2.75) is 13.5 Å². The van der Waals surface area contributed by atoms with E-state index in [4.69, 9.17) is 20.5 Å². The van der Waals surface area contributed by atoms with Crippen molar-refractivity contribution in [1.29, 1.82) is 10.5 Å². The number of hydrogen-bond donors (Lipinski definition) is 1. The van der Waals surface area contributed by atoms with E-state index in [1.807, 2.05) is 30.3 Å². The monoisotopic (exact) mass is 403 g/mol. The summed E-state index contributed by atoms with van der Waals surface area (Å²) in [5, 5.41) is 18.5. The maximum absolute atomic E-state index is 12.2. The third-order valence-electron chi connectivity index (χ3n) is 4.19. The van der Waals surface area contributed by atoms with Gasteiger partial charge in [-0.2, -0.15) is 10.5 Å². The highest BCUT2D eigenvalue weighted by Gasteiger charge is 2.23. The Balaban J connectivity index is 1.77. The van der Waals surface area contributed by atoms with Crippen molar-refractivity contribution >= 4 is 22.3 Å². The van der Waals surface area contributed by atoms with Gasteiger partial charge < -0.3 is 15.2 Å². The number of carbonyl (C=O) groups is 1. The van der Waals surface area contributed by atoms with Crippen molar-refractivity contribution in [2.75, 3.05) is 12.3 Å². The van der Waals surface area contributed by atoms with E-state index in [-0.39, 0.29) is 28.7 Å². The summed E-state index contributed by atoms with van der Waals surface area (Å²) in [6.45, 7) is 1.97. The molecule has 0 amide bonds. The molecule has 6 nitrogen and oxygen atoms in total. The first-order valence-corrected chi connectivity index (χ1v) is 9.60. The fourth-order valence-electron chi connectivity index (χ4n) is 2.74. The molecule has 0 bridgehead atoms. The predicted octanol–water partition coefficient (Wildman–Crippen LogP) is 4.50. The summed E-state index contributed by atoms with van der Waals surface area (Å²) in [5.74, 6) is 0.0753. The molecule has 0 saturated heterocycles. The first kappa shape index (κ1) is 19.9. The standard InChI is InChI=1S/C22H17N3O3S/c1-2-27-22(26)20-19(18(12-24)21(25)29-20)13-28-17-9-7-16(8-10-17)15-5-3-14(11-23)4-6-15/h3-10H,2,13,25H2,1H3. The van der Waals surface area contributed by atoms with Crippen LogP contribution >= 0.6 is 11.3 Å². The second kappa shape index (κ2) is 8.92. The number of thiophene rings is 1. The molecule has 0 aliphatic heterocycles. The lowest BCUT2D eigenvalue weighted by Gasteiger charge is -2.09. The van der Waals surface area contributed by atoms with Crippen LogP contribution in [-0.2, 0) is 11.3 Å². The molecule has 0 spiro atoms. The molecule has 29 heavy (non-hydrogen) atoms. The minimum Gasteiger partial charge on any atom is -0.489 e. The summed E-state index contributed by atoms with van der Waals surface area (Å²) in [7, 11) is 0. The van der Waals surface area contributed by atoms with E-state index in [9.17, 15) is 10.1 Å². The largest absolute Gasteiger partial charge is 0.489 e. The molecule has 1 heterocycles. The molecule has 2 aromatic carbocycles. The van der Waals surface area contributed by atoms with Crippen LogP contribution in [0.1, 0.15) is 33.3 Å². The topological polar surface area (TPSA) is 109 Å². The number of rotatable bonds is 6. The van der Waals surface area contributed by atoms with E-state index in [0.717, 1.165) is 22.5 Å². The third kappa shape index (κ3) is 4.37. The summed E-state index contributed by atoms with van der Waals surface area (Å²) in [4.78, 5) is 12.4. The molecule has 0 aliphatic rings. The number of anilines is 1. The number of ether oxygens (including phenoxy) is 2. The molecule has 0 atom stereocenters. The molecule has 144 valence electrons. The number of benzene rings is 2. The van der Waals surface area contributed by atoms with Gasteiger partial charge in [-0.15, -0.1) is 11.3 Å². The van der Waals surface area contributed by atoms with Crippen molar-refractivity contribution in [2.24, 2.45) is 0 Å². The van der Waals surface area contributed by atoms with Gasteiger partial charge in [0.05, 0.1) is 23.8 Å². The normalized spacial score (nSPS) is 10.0. The van der Waals surface area contributed by atoms with Gasteiger partial charge in [-0.3, -0.25) is 0 Å². The molecule has 7 heteroatoms. The van der Waals surface area contributed by atoms with Crippen LogP contribution in [0.15, 0.2) is 48.5 Å². The fraction of sp³-hybridized carbons (Fsp3) is 0.136. The second-order valence-electron chi connectivity index (χ2n) is 5.98. The van der Waals surface area contributed by atoms with Gasteiger partial charge in [0.25, 0.3) is 0 Å². The van der Waals surface area contributed by atoms with Gasteiger partial charge in [0.2, 0.25) is 0 Å². The van der Waals surface area contributed by atoms with Crippen LogP contribution < -0.4 is 10.5 Å². The Morgan fingerprint density at radius 3 is 2.21 bits per heavy atom. The van der Waals surface area contributed by atoms with Crippen LogP contribution in [0.2, 0.25) is 0 Å². The molecule has 1 aromatic heterocycles. The number of carbonyl (C=O) groups excluding carboxylic acids is 1. The number of nitrogens with two attached hydrogens (primary N) is 1. The van der Waals surface area contributed by atoms with Gasteiger partial charge in [-0.25, -0.2) is 4.79 Å². The van der Waals surface area contributed by atoms with Gasteiger partial charge in [0, 0.05) is 5.56 Å². The zero-order chi connectivity index (χ0) is 20.8. The first-order chi connectivity index (χ1) is 14.1. The fourth-order valence-corrected chi connectivity index (χ4v) is 3.66. The molecule has 2 N–H and O–H groups in total. The lowest BCUT2D eigenvalue weighted by molar-refractivity contribution is 0.0529. The molecule has 0 fully saturated rings. The van der Waals surface area contributed by atoms with Crippen molar-refractivity contribution < 1.29 is 14.3 Å². The lowest BCUT2D eigenvalue weighted by Crippen LogP contribution is -2.08. The van der Waals surface area contributed by atoms with Crippen LogP contribution in [0.5, 0.6) is 5.75 Å². The Morgan fingerprint density at radius 1 is 1.03 bits per heavy atom. The molecular weight excluding hydrogens is 386 g/mol. The Hall–Kier alpha value is -3.81. The predicted molar refractivity (Wildman–Crippen MR) is 110 cm³/mol. The molecule has 0 unspecified atom stereocenters. The van der Waals surface area contributed by atoms with E-state index in [1.54, 1.807) is 31.2 Å². The average Bonchev–Trinajstić information content (AvgIpc) is 3.08. The van der Waals surface area contributed by atoms with E-state index in [1.165, 1.54) is 0 Å². The number of nitrogens with zero attached hydrogens (tertiary/aromatic N) is 2. The highest BCUT2D eigenvalue weighted by molar-refractivity contribution is 7.18. The quantitative estimate of drug-likeness (QED) is 0.607. The molecule has 0 aliphatic carbocycles. The van der Waals surface area contributed by atoms with Gasteiger partial charge in [-0.1, -0.05) is 24.3 Å². The maximum atomic E-state index is 12.2. The zero-order valence-electron chi connectivity index (χ0n) is 15.6. The average molecular weight is 403 g/mol. The van der Waals surface area contributed by atoms with Crippen molar-refractivity contribution in [3.05, 3.63) is 70.1 Å². The summed E-state index contributed by atoms with van der Waals surface area (Å²) >= 11 is 1.03. The van der Waals surface area contributed by atoms with Crippen molar-refractivity contribution in [3.63, 3.8) is 0 Å². The second-order valence-corrected chi connectivity index (χ2v) is 7.04. The van der Waals surface area contributed by atoms with Gasteiger partial charge in [0.1, 0.15) is 28.3 Å². The zero-order valence-corrected chi connectivity index (χ0v) is 16.5. The van der Waals surface area contributed by atoms with Crippen LogP contribution in [0.25, 0.3) is 11.1 Å². The highest BCUT2D eigenvalue weighted by atomic mass is 32.1. The number of esters is 1. The van der Waals surface area contributed by atoms with Crippen LogP contribution in [0.4, 0.5) is 5.00 Å². The summed E-state index contributed by atoms with van der Waals surface area (Å²) < 4.78 is 10.8. The van der Waals surface area contributed by atoms with Crippen LogP contribution in [0.3, 0.4) is 0 Å². The Morgan fingerprint density at radius 2 is 1.66 bits per heavy atom. The Bertz CT molecular complexity index is 1100. The van der Waals surface area contributed by atoms with E-state index in [2.05, 4.69) is 6.07 Å². The third-order valence-corrected chi connectivity index (χ3v) is 5.23. The molecule has 3 rings (SSSR count). The van der Waals surface area contributed by atoms with Crippen molar-refractivity contribution in [3.8, 4) is 29.0 Å². The van der Waals surface area contributed by atoms with Crippen LogP contribution in [0, 0.1) is 22.7 Å². The van der Waals surface area contributed by atoms with Gasteiger partial charge >= 0.3 is 5.97 Å². The van der Waals surface area contributed by atoms with Crippen LogP contribution in [-0.4, -0.2) is 12.6 Å². The highest BCUT2D eigenvalue weighted by Crippen LogP contribution is 2.32. The SMILES string of the molecule is CCOC(=O)c1sc(N)c(C#N)c1COc1ccc(-c2ccc(C#N)cc2)cc1. The number of nitriles is 2. The van der Waals surface area contributed by atoms with Gasteiger partial charge in [-0.05, 0) is 42.3 Å². The molecule has 0 radical (unpaired) electrons. The molecule has 3 aromatic rings. The lowest BCUT2D eigenvalue weighted by atomic mass is 10.0. The maximum Gasteiger partial charge on any atom is 0.348 e. The minimum absolute atomic E-state index is 0.0287. The van der Waals surface area contributed by atoms with E-state index >= 15 is 0 Å². The summed E-state index contributed by atoms with van der Waals surface area (Å²) in [6.07, 6.45) is 0. The number of hydrogen-bond acceptors (Lipinski definition) is 7. The van der Waals surface area contributed by atoms with Gasteiger partial charge in [0.15, 0.2) is 0 Å². The summed E-state index contributed by atoms with van der Waals surface area (Å²) in [6, 6.07) is 18.8. The molecular formula is C22H17N3O3S. The Kier molecular flexibility index (Phi) is 6.13. The number of nitrogen functional groups attached to an aromatic ring is 1. The van der Waals surface area contributed by atoms with E-state index < -0.39 is 5.97 Å². The Labute approximate surface area is 172 Å². The van der Waals surface area contributed by atoms with Crippen molar-refractivity contribution in [1.82, 2.24) is 0 Å². The summed E-state index contributed by atoms with van der Waals surface area (Å²) in [5.41, 5.74) is 9.12. The first-order valence-electron chi connectivity index (χ1n) is 8.79. The minimum atomic E-state index is -0.513.